The van der Waals surface area contributed by atoms with Crippen molar-refractivity contribution in [1.29, 1.82) is 0 Å². The molecule has 0 bridgehead atoms. The first kappa shape index (κ1) is 14.2. The summed E-state index contributed by atoms with van der Waals surface area (Å²) >= 11 is 17.8. The molecule has 19 heavy (non-hydrogen) atoms. The Kier molecular flexibility index (Phi) is 4.71. The van der Waals surface area contributed by atoms with Crippen LogP contribution in [0.1, 0.15) is 5.56 Å². The van der Waals surface area contributed by atoms with Crippen molar-refractivity contribution in [2.24, 2.45) is 5.84 Å². The van der Waals surface area contributed by atoms with E-state index >= 15 is 0 Å². The molecule has 0 fully saturated rings. The van der Waals surface area contributed by atoms with Crippen molar-refractivity contribution in [2.45, 2.75) is 6.61 Å². The van der Waals surface area contributed by atoms with Gasteiger partial charge in [-0.25, -0.2) is 5.84 Å². The van der Waals surface area contributed by atoms with E-state index in [0.717, 1.165) is 5.56 Å². The van der Waals surface area contributed by atoms with E-state index in [4.69, 9.17) is 45.4 Å². The summed E-state index contributed by atoms with van der Waals surface area (Å²) in [7, 11) is 0. The molecule has 0 aliphatic rings. The number of benzene rings is 1. The molecular weight excluding hydrogens is 309 g/mol. The highest BCUT2D eigenvalue weighted by molar-refractivity contribution is 6.36. The highest BCUT2D eigenvalue weighted by Gasteiger charge is 2.10. The fourth-order valence-electron chi connectivity index (χ4n) is 1.43. The van der Waals surface area contributed by atoms with Gasteiger partial charge in [0.05, 0.1) is 5.02 Å². The van der Waals surface area contributed by atoms with Crippen molar-refractivity contribution >= 4 is 40.6 Å². The molecule has 0 unspecified atom stereocenters. The van der Waals surface area contributed by atoms with Gasteiger partial charge in [0.1, 0.15) is 11.6 Å². The molecule has 1 aromatic carbocycles. The SMILES string of the molecule is NNc1nc(OCc2cccc(Cl)c2)c(Cl)cc1Cl. The lowest BCUT2D eigenvalue weighted by Crippen LogP contribution is -2.10. The predicted octanol–water partition coefficient (Wildman–Crippen LogP) is 3.91. The molecule has 0 saturated carbocycles. The van der Waals surface area contributed by atoms with E-state index in [1.165, 1.54) is 6.07 Å². The van der Waals surface area contributed by atoms with E-state index in [9.17, 15) is 0 Å². The number of nitrogens with two attached hydrogens (primary N) is 1. The molecule has 0 aliphatic heterocycles. The van der Waals surface area contributed by atoms with Crippen LogP contribution in [-0.4, -0.2) is 4.98 Å². The molecule has 2 rings (SSSR count). The lowest BCUT2D eigenvalue weighted by atomic mass is 10.2. The number of hydrazine groups is 1. The monoisotopic (exact) mass is 317 g/mol. The standard InChI is InChI=1S/C12H10Cl3N3O/c13-8-3-1-2-7(4-8)6-19-12-10(15)5-9(14)11(17-12)18-16/h1-5H,6,16H2,(H,17,18). The molecule has 0 aliphatic carbocycles. The minimum absolute atomic E-state index is 0.249. The van der Waals surface area contributed by atoms with Gasteiger partial charge < -0.3 is 10.2 Å². The molecule has 1 aromatic heterocycles. The quantitative estimate of drug-likeness (QED) is 0.663. The van der Waals surface area contributed by atoms with Crippen molar-refractivity contribution in [3.05, 3.63) is 51.0 Å². The van der Waals surface area contributed by atoms with Crippen molar-refractivity contribution in [2.75, 3.05) is 5.43 Å². The van der Waals surface area contributed by atoms with Crippen LogP contribution in [0.15, 0.2) is 30.3 Å². The smallest absolute Gasteiger partial charge is 0.235 e. The number of hydrogen-bond donors (Lipinski definition) is 2. The lowest BCUT2D eigenvalue weighted by Gasteiger charge is -2.10. The third-order valence-electron chi connectivity index (χ3n) is 2.30. The Labute approximate surface area is 125 Å². The molecule has 2 aromatic rings. The average molecular weight is 319 g/mol. The third kappa shape index (κ3) is 3.64. The number of ether oxygens (including phenoxy) is 1. The zero-order valence-corrected chi connectivity index (χ0v) is 11.9. The Hall–Kier alpha value is -1.20. The summed E-state index contributed by atoms with van der Waals surface area (Å²) in [5.74, 6) is 5.83. The number of nitrogens with zero attached hydrogens (tertiary/aromatic N) is 1. The van der Waals surface area contributed by atoms with Crippen molar-refractivity contribution in [3.8, 4) is 5.88 Å². The van der Waals surface area contributed by atoms with Crippen LogP contribution in [-0.2, 0) is 6.61 Å². The fraction of sp³-hybridized carbons (Fsp3) is 0.0833. The molecule has 0 amide bonds. The molecule has 0 radical (unpaired) electrons. The molecule has 7 heteroatoms. The Morgan fingerprint density at radius 2 is 1.95 bits per heavy atom. The minimum atomic E-state index is 0.249. The number of nitrogens with one attached hydrogen (secondary N) is 1. The second-order valence-corrected chi connectivity index (χ2v) is 4.92. The van der Waals surface area contributed by atoms with Crippen LogP contribution < -0.4 is 16.0 Å². The minimum Gasteiger partial charge on any atom is -0.472 e. The highest BCUT2D eigenvalue weighted by Crippen LogP contribution is 2.30. The van der Waals surface area contributed by atoms with E-state index in [1.54, 1.807) is 12.1 Å². The first-order valence-corrected chi connectivity index (χ1v) is 6.43. The molecule has 0 atom stereocenters. The maximum Gasteiger partial charge on any atom is 0.235 e. The van der Waals surface area contributed by atoms with E-state index in [2.05, 4.69) is 10.4 Å². The van der Waals surface area contributed by atoms with Gasteiger partial charge in [-0.3, -0.25) is 0 Å². The Morgan fingerprint density at radius 1 is 1.16 bits per heavy atom. The van der Waals surface area contributed by atoms with E-state index in [1.807, 2.05) is 12.1 Å². The highest BCUT2D eigenvalue weighted by atomic mass is 35.5. The molecule has 1 heterocycles. The van der Waals surface area contributed by atoms with Gasteiger partial charge in [-0.1, -0.05) is 46.9 Å². The first-order chi connectivity index (χ1) is 9.10. The number of anilines is 1. The first-order valence-electron chi connectivity index (χ1n) is 5.30. The Balaban J connectivity index is 2.15. The van der Waals surface area contributed by atoms with Gasteiger partial charge in [0, 0.05) is 5.02 Å². The molecular formula is C12H10Cl3N3O. The maximum absolute atomic E-state index is 5.99. The zero-order valence-electron chi connectivity index (χ0n) is 9.66. The van der Waals surface area contributed by atoms with E-state index < -0.39 is 0 Å². The third-order valence-corrected chi connectivity index (χ3v) is 3.09. The van der Waals surface area contributed by atoms with Gasteiger partial charge in [-0.2, -0.15) is 4.98 Å². The van der Waals surface area contributed by atoms with Gasteiger partial charge in [0.25, 0.3) is 0 Å². The van der Waals surface area contributed by atoms with E-state index in [-0.39, 0.29) is 5.88 Å². The molecule has 0 saturated heterocycles. The number of rotatable bonds is 4. The summed E-state index contributed by atoms with van der Waals surface area (Å²) in [5.41, 5.74) is 3.27. The summed E-state index contributed by atoms with van der Waals surface area (Å²) in [5, 5.41) is 1.27. The maximum atomic E-state index is 5.99. The van der Waals surface area contributed by atoms with Crippen LogP contribution >= 0.6 is 34.8 Å². The molecule has 100 valence electrons. The van der Waals surface area contributed by atoms with Gasteiger partial charge in [0.15, 0.2) is 5.82 Å². The summed E-state index contributed by atoms with van der Waals surface area (Å²) < 4.78 is 5.52. The fourth-order valence-corrected chi connectivity index (χ4v) is 2.11. The van der Waals surface area contributed by atoms with Crippen molar-refractivity contribution in [1.82, 2.24) is 4.98 Å². The summed E-state index contributed by atoms with van der Waals surface area (Å²) in [6.45, 7) is 0.291. The number of nitrogen functional groups attached to an aromatic ring is 1. The van der Waals surface area contributed by atoms with Crippen LogP contribution in [0.25, 0.3) is 0 Å². The second kappa shape index (κ2) is 6.30. The zero-order chi connectivity index (χ0) is 13.8. The predicted molar refractivity (Wildman–Crippen MR) is 77.9 cm³/mol. The van der Waals surface area contributed by atoms with E-state index in [0.29, 0.717) is 27.5 Å². The molecule has 3 N–H and O–H groups in total. The van der Waals surface area contributed by atoms with Gasteiger partial charge in [-0.05, 0) is 23.8 Å². The summed E-state index contributed by atoms with van der Waals surface area (Å²) in [6.07, 6.45) is 0. The van der Waals surface area contributed by atoms with Crippen molar-refractivity contribution in [3.63, 3.8) is 0 Å². The number of hydrogen-bond acceptors (Lipinski definition) is 4. The van der Waals surface area contributed by atoms with Crippen LogP contribution in [0.5, 0.6) is 5.88 Å². The Morgan fingerprint density at radius 3 is 2.63 bits per heavy atom. The van der Waals surface area contributed by atoms with Crippen molar-refractivity contribution < 1.29 is 4.74 Å². The molecule has 0 spiro atoms. The van der Waals surface area contributed by atoms with Gasteiger partial charge >= 0.3 is 0 Å². The lowest BCUT2D eigenvalue weighted by molar-refractivity contribution is 0.294. The van der Waals surface area contributed by atoms with Crippen LogP contribution in [0.4, 0.5) is 5.82 Å². The normalized spacial score (nSPS) is 10.3. The molecule has 4 nitrogen and oxygen atoms in total. The van der Waals surface area contributed by atoms with Crippen LogP contribution in [0.3, 0.4) is 0 Å². The number of halogens is 3. The van der Waals surface area contributed by atoms with Crippen LogP contribution in [0.2, 0.25) is 15.1 Å². The van der Waals surface area contributed by atoms with Crippen LogP contribution in [0, 0.1) is 0 Å². The average Bonchev–Trinajstić information content (AvgIpc) is 2.38. The second-order valence-electron chi connectivity index (χ2n) is 3.67. The Bertz CT molecular complexity index is 592. The summed E-state index contributed by atoms with van der Waals surface area (Å²) in [6, 6.07) is 8.82. The largest absolute Gasteiger partial charge is 0.472 e. The van der Waals surface area contributed by atoms with Gasteiger partial charge in [0.2, 0.25) is 5.88 Å². The number of pyridine rings is 1. The number of aromatic nitrogens is 1. The van der Waals surface area contributed by atoms with Gasteiger partial charge in [-0.15, -0.1) is 0 Å². The topological polar surface area (TPSA) is 60.2 Å². The summed E-state index contributed by atoms with van der Waals surface area (Å²) in [4.78, 5) is 4.07.